The molecule has 0 aromatic carbocycles. The monoisotopic (exact) mass is 299 g/mol. The van der Waals surface area contributed by atoms with E-state index in [1.165, 1.54) is 20.0 Å². The number of rotatable bonds is 11. The summed E-state index contributed by atoms with van der Waals surface area (Å²) in [5, 5.41) is 3.23. The van der Waals surface area contributed by atoms with E-state index in [-0.39, 0.29) is 5.97 Å². The first-order valence-corrected chi connectivity index (χ1v) is 8.09. The minimum atomic E-state index is -0.144. The number of carbonyl (C=O) groups is 1. The lowest BCUT2D eigenvalue weighted by molar-refractivity contribution is -0.140. The molecule has 0 saturated carbocycles. The van der Waals surface area contributed by atoms with Crippen LogP contribution in [0.1, 0.15) is 65.7 Å². The fraction of sp³-hybridized carbons (Fsp3) is 0.875. The van der Waals surface area contributed by atoms with Gasteiger partial charge < -0.3 is 15.8 Å². The van der Waals surface area contributed by atoms with Gasteiger partial charge in [-0.2, -0.15) is 0 Å². The summed E-state index contributed by atoms with van der Waals surface area (Å²) in [7, 11) is 1.42. The first kappa shape index (κ1) is 19.7. The highest BCUT2D eigenvalue weighted by atomic mass is 16.5. The highest BCUT2D eigenvalue weighted by molar-refractivity contribution is 5.78. The highest BCUT2D eigenvalue weighted by Crippen LogP contribution is 2.08. The molecule has 0 amide bonds. The second-order valence-electron chi connectivity index (χ2n) is 6.02. The van der Waals surface area contributed by atoms with E-state index in [4.69, 9.17) is 5.73 Å². The van der Waals surface area contributed by atoms with Gasteiger partial charge in [-0.05, 0) is 32.1 Å². The summed E-state index contributed by atoms with van der Waals surface area (Å²) in [6.07, 6.45) is 6.84. The van der Waals surface area contributed by atoms with Crippen LogP contribution in [0, 0.1) is 5.92 Å². The Bertz CT molecular complexity index is 304. The predicted octanol–water partition coefficient (Wildman–Crippen LogP) is 2.84. The Morgan fingerprint density at radius 1 is 1.14 bits per heavy atom. The minimum Gasteiger partial charge on any atom is -0.469 e. The van der Waals surface area contributed by atoms with Gasteiger partial charge in [0.1, 0.15) is 0 Å². The molecule has 0 fully saturated rings. The summed E-state index contributed by atoms with van der Waals surface area (Å²) in [6, 6.07) is 0.367. The number of ether oxygens (including phenoxy) is 1. The van der Waals surface area contributed by atoms with Gasteiger partial charge in [-0.3, -0.25) is 9.79 Å². The van der Waals surface area contributed by atoms with Crippen molar-refractivity contribution in [3.8, 4) is 0 Å². The summed E-state index contributed by atoms with van der Waals surface area (Å²) < 4.78 is 4.59. The van der Waals surface area contributed by atoms with Crippen LogP contribution >= 0.6 is 0 Å². The number of carbonyl (C=O) groups excluding carboxylic acids is 1. The van der Waals surface area contributed by atoms with Crippen LogP contribution in [-0.2, 0) is 9.53 Å². The first-order chi connectivity index (χ1) is 9.95. The minimum absolute atomic E-state index is 0.144. The number of nitrogens with zero attached hydrogens (tertiary/aromatic N) is 1. The highest BCUT2D eigenvalue weighted by Gasteiger charge is 2.03. The predicted molar refractivity (Wildman–Crippen MR) is 88.3 cm³/mol. The average Bonchev–Trinajstić information content (AvgIpc) is 2.41. The lowest BCUT2D eigenvalue weighted by Crippen LogP contribution is -2.38. The second kappa shape index (κ2) is 12.5. The Balaban J connectivity index is 3.61. The molecular weight excluding hydrogens is 266 g/mol. The molecule has 0 rings (SSSR count). The third-order valence-corrected chi connectivity index (χ3v) is 3.36. The third-order valence-electron chi connectivity index (χ3n) is 3.36. The van der Waals surface area contributed by atoms with Gasteiger partial charge in [-0.25, -0.2) is 0 Å². The maximum Gasteiger partial charge on any atom is 0.305 e. The van der Waals surface area contributed by atoms with Crippen LogP contribution in [-0.4, -0.2) is 31.6 Å². The molecule has 0 heterocycles. The van der Waals surface area contributed by atoms with Gasteiger partial charge in [0.25, 0.3) is 0 Å². The number of nitrogens with one attached hydrogen (secondary N) is 1. The Morgan fingerprint density at radius 2 is 1.86 bits per heavy atom. The van der Waals surface area contributed by atoms with E-state index < -0.39 is 0 Å². The summed E-state index contributed by atoms with van der Waals surface area (Å²) in [6.45, 7) is 7.33. The molecule has 5 nitrogen and oxygen atoms in total. The topological polar surface area (TPSA) is 76.7 Å². The third kappa shape index (κ3) is 13.5. The molecule has 0 aromatic rings. The molecule has 3 N–H and O–H groups in total. The number of unbranched alkanes of at least 4 members (excludes halogenated alkanes) is 2. The molecule has 0 radical (unpaired) electrons. The van der Waals surface area contributed by atoms with Crippen molar-refractivity contribution in [3.05, 3.63) is 0 Å². The van der Waals surface area contributed by atoms with Crippen LogP contribution in [0.3, 0.4) is 0 Å². The van der Waals surface area contributed by atoms with Crippen LogP contribution in [0.15, 0.2) is 4.99 Å². The normalized spacial score (nSPS) is 13.3. The van der Waals surface area contributed by atoms with E-state index in [2.05, 4.69) is 35.8 Å². The van der Waals surface area contributed by atoms with Crippen molar-refractivity contribution < 1.29 is 9.53 Å². The number of methoxy groups -OCH3 is 1. The molecular formula is C16H33N3O2. The zero-order chi connectivity index (χ0) is 16.1. The van der Waals surface area contributed by atoms with E-state index in [0.717, 1.165) is 31.6 Å². The number of aliphatic imine (C=N–C) groups is 1. The SMILES string of the molecule is COC(=O)CCCCCN=C(N)NC(C)CCCC(C)C. The van der Waals surface area contributed by atoms with Gasteiger partial charge in [0, 0.05) is 19.0 Å². The number of guanidine groups is 1. The van der Waals surface area contributed by atoms with Crippen LogP contribution < -0.4 is 11.1 Å². The van der Waals surface area contributed by atoms with Crippen molar-refractivity contribution in [1.29, 1.82) is 0 Å². The number of hydrogen-bond donors (Lipinski definition) is 2. The van der Waals surface area contributed by atoms with Gasteiger partial charge in [-0.1, -0.05) is 33.1 Å². The molecule has 0 bridgehead atoms. The quantitative estimate of drug-likeness (QED) is 0.266. The Kier molecular flexibility index (Phi) is 11.7. The summed E-state index contributed by atoms with van der Waals surface area (Å²) in [5.74, 6) is 1.14. The van der Waals surface area contributed by atoms with Gasteiger partial charge in [-0.15, -0.1) is 0 Å². The van der Waals surface area contributed by atoms with Crippen LogP contribution in [0.25, 0.3) is 0 Å². The second-order valence-corrected chi connectivity index (χ2v) is 6.02. The molecule has 1 unspecified atom stereocenters. The van der Waals surface area contributed by atoms with Crippen molar-refractivity contribution in [2.24, 2.45) is 16.6 Å². The Labute approximate surface area is 129 Å². The zero-order valence-electron chi connectivity index (χ0n) is 14.2. The number of hydrogen-bond acceptors (Lipinski definition) is 3. The fourth-order valence-corrected chi connectivity index (χ4v) is 2.06. The summed E-state index contributed by atoms with van der Waals surface area (Å²) in [5.41, 5.74) is 5.86. The van der Waals surface area contributed by atoms with Crippen LogP contribution in [0.5, 0.6) is 0 Å². The molecule has 5 heteroatoms. The van der Waals surface area contributed by atoms with Crippen molar-refractivity contribution in [2.75, 3.05) is 13.7 Å². The molecule has 1 atom stereocenters. The largest absolute Gasteiger partial charge is 0.469 e. The molecule has 124 valence electrons. The molecule has 0 saturated heterocycles. The van der Waals surface area contributed by atoms with E-state index in [9.17, 15) is 4.79 Å². The zero-order valence-corrected chi connectivity index (χ0v) is 14.2. The first-order valence-electron chi connectivity index (χ1n) is 8.09. The van der Waals surface area contributed by atoms with Crippen LogP contribution in [0.2, 0.25) is 0 Å². The van der Waals surface area contributed by atoms with Crippen molar-refractivity contribution in [1.82, 2.24) is 5.32 Å². The Morgan fingerprint density at radius 3 is 2.48 bits per heavy atom. The standard InChI is InChI=1S/C16H33N3O2/c1-13(2)9-8-10-14(3)19-16(17)18-12-7-5-6-11-15(20)21-4/h13-14H,5-12H2,1-4H3,(H3,17,18,19). The molecule has 21 heavy (non-hydrogen) atoms. The van der Waals surface area contributed by atoms with E-state index in [1.807, 2.05) is 0 Å². The maximum atomic E-state index is 10.9. The van der Waals surface area contributed by atoms with Gasteiger partial charge in [0.2, 0.25) is 0 Å². The smallest absolute Gasteiger partial charge is 0.305 e. The van der Waals surface area contributed by atoms with Gasteiger partial charge >= 0.3 is 5.97 Å². The molecule has 0 aliphatic carbocycles. The van der Waals surface area contributed by atoms with Gasteiger partial charge in [0.05, 0.1) is 7.11 Å². The lowest BCUT2D eigenvalue weighted by atomic mass is 10.0. The van der Waals surface area contributed by atoms with E-state index in [1.54, 1.807) is 0 Å². The average molecular weight is 299 g/mol. The fourth-order valence-electron chi connectivity index (χ4n) is 2.06. The molecule has 0 aromatic heterocycles. The lowest BCUT2D eigenvalue weighted by Gasteiger charge is -2.15. The number of esters is 1. The van der Waals surface area contributed by atoms with E-state index >= 15 is 0 Å². The van der Waals surface area contributed by atoms with Crippen LogP contribution in [0.4, 0.5) is 0 Å². The Hall–Kier alpha value is -1.26. The number of nitrogens with two attached hydrogens (primary N) is 1. The summed E-state index contributed by atoms with van der Waals surface area (Å²) >= 11 is 0. The molecule has 0 aliphatic rings. The van der Waals surface area contributed by atoms with E-state index in [0.29, 0.717) is 25.0 Å². The van der Waals surface area contributed by atoms with Crippen molar-refractivity contribution >= 4 is 11.9 Å². The maximum absolute atomic E-state index is 10.9. The summed E-state index contributed by atoms with van der Waals surface area (Å²) in [4.78, 5) is 15.2. The molecule has 0 aliphatic heterocycles. The van der Waals surface area contributed by atoms with Crippen molar-refractivity contribution in [2.45, 2.75) is 71.8 Å². The van der Waals surface area contributed by atoms with Crippen molar-refractivity contribution in [3.63, 3.8) is 0 Å². The van der Waals surface area contributed by atoms with Gasteiger partial charge in [0.15, 0.2) is 5.96 Å². The molecule has 0 spiro atoms.